The van der Waals surface area contributed by atoms with E-state index < -0.39 is 35.9 Å². The van der Waals surface area contributed by atoms with Crippen molar-refractivity contribution in [2.45, 2.75) is 44.5 Å². The van der Waals surface area contributed by atoms with Crippen molar-refractivity contribution in [1.82, 2.24) is 20.6 Å². The van der Waals surface area contributed by atoms with E-state index in [-0.39, 0.29) is 19.4 Å². The average Bonchev–Trinajstić information content (AvgIpc) is 3.59. The van der Waals surface area contributed by atoms with Gasteiger partial charge in [-0.25, -0.2) is 4.79 Å². The number of nitrogens with two attached hydrogens (primary N) is 1. The van der Waals surface area contributed by atoms with Gasteiger partial charge in [-0.15, -0.1) is 0 Å². The Hall–Kier alpha value is -4.89. The SMILES string of the molecule is C[C@H](N)C(=O)N[C@@H](Cc1c[nH]c2ccccc12)C(=O)N[C@@H](Cc1c[nH]c2ccccc12)C(=O)OCc1ccccc1. The number of hydrogen-bond acceptors (Lipinski definition) is 5. The first-order chi connectivity index (χ1) is 19.9. The fourth-order valence-electron chi connectivity index (χ4n) is 4.85. The number of ether oxygens (including phenoxy) is 1. The van der Waals surface area contributed by atoms with Crippen molar-refractivity contribution in [2.75, 3.05) is 0 Å². The molecule has 0 bridgehead atoms. The molecule has 0 radical (unpaired) electrons. The van der Waals surface area contributed by atoms with Gasteiger partial charge in [0.2, 0.25) is 11.8 Å². The molecular weight excluding hydrogens is 518 g/mol. The zero-order chi connectivity index (χ0) is 28.8. The first-order valence-corrected chi connectivity index (χ1v) is 13.6. The number of aromatic amines is 2. The zero-order valence-corrected chi connectivity index (χ0v) is 22.7. The number of para-hydroxylation sites is 2. The molecule has 2 amide bonds. The Morgan fingerprint density at radius 3 is 1.83 bits per heavy atom. The summed E-state index contributed by atoms with van der Waals surface area (Å²) in [5.41, 5.74) is 10.2. The van der Waals surface area contributed by atoms with Gasteiger partial charge in [0.25, 0.3) is 0 Å². The number of nitrogens with one attached hydrogen (secondary N) is 4. The number of benzene rings is 3. The Morgan fingerprint density at radius 2 is 1.24 bits per heavy atom. The Labute approximate surface area is 237 Å². The van der Waals surface area contributed by atoms with Gasteiger partial charge in [0.15, 0.2) is 0 Å². The molecule has 9 heteroatoms. The van der Waals surface area contributed by atoms with Crippen LogP contribution in [0.4, 0.5) is 0 Å². The summed E-state index contributed by atoms with van der Waals surface area (Å²) >= 11 is 0. The molecule has 41 heavy (non-hydrogen) atoms. The molecule has 0 spiro atoms. The van der Waals surface area contributed by atoms with E-state index in [0.717, 1.165) is 38.5 Å². The third kappa shape index (κ3) is 6.64. The van der Waals surface area contributed by atoms with Crippen LogP contribution in [0.2, 0.25) is 0 Å². The molecule has 2 aromatic heterocycles. The number of rotatable bonds is 11. The van der Waals surface area contributed by atoms with E-state index in [1.165, 1.54) is 0 Å². The van der Waals surface area contributed by atoms with E-state index in [4.69, 9.17) is 10.5 Å². The van der Waals surface area contributed by atoms with Crippen molar-refractivity contribution < 1.29 is 19.1 Å². The van der Waals surface area contributed by atoms with Gasteiger partial charge in [-0.3, -0.25) is 9.59 Å². The topological polar surface area (TPSA) is 142 Å². The lowest BCUT2D eigenvalue weighted by Gasteiger charge is -2.23. The van der Waals surface area contributed by atoms with Crippen LogP contribution in [0.5, 0.6) is 0 Å². The number of carbonyl (C=O) groups excluding carboxylic acids is 3. The second-order valence-corrected chi connectivity index (χ2v) is 10.1. The van der Waals surface area contributed by atoms with Crippen molar-refractivity contribution in [1.29, 1.82) is 0 Å². The highest BCUT2D eigenvalue weighted by Crippen LogP contribution is 2.21. The third-order valence-corrected chi connectivity index (χ3v) is 7.07. The molecule has 6 N–H and O–H groups in total. The smallest absolute Gasteiger partial charge is 0.329 e. The Bertz CT molecular complexity index is 1660. The fourth-order valence-corrected chi connectivity index (χ4v) is 4.85. The standard InChI is InChI=1S/C32H33N5O4/c1-20(33)30(38)36-28(15-22-17-34-26-13-7-5-11-24(22)26)31(39)37-29(32(40)41-19-21-9-3-2-4-10-21)16-23-18-35-27-14-8-6-12-25(23)27/h2-14,17-18,20,28-29,34-35H,15-16,19,33H2,1H3,(H,36,38)(H,37,39)/t20-,28-,29-/m0/s1. The summed E-state index contributed by atoms with van der Waals surface area (Å²) < 4.78 is 5.64. The lowest BCUT2D eigenvalue weighted by atomic mass is 10.0. The minimum atomic E-state index is -0.997. The van der Waals surface area contributed by atoms with Gasteiger partial charge in [-0.1, -0.05) is 66.7 Å². The molecule has 0 fully saturated rings. The number of fused-ring (bicyclic) bond motifs is 2. The minimum Gasteiger partial charge on any atom is -0.459 e. The van der Waals surface area contributed by atoms with Gasteiger partial charge in [-0.2, -0.15) is 0 Å². The normalized spacial score (nSPS) is 13.4. The number of carbonyl (C=O) groups is 3. The van der Waals surface area contributed by atoms with Crippen LogP contribution < -0.4 is 16.4 Å². The van der Waals surface area contributed by atoms with Crippen LogP contribution in [-0.2, 0) is 38.6 Å². The van der Waals surface area contributed by atoms with E-state index in [9.17, 15) is 14.4 Å². The first-order valence-electron chi connectivity index (χ1n) is 13.6. The molecule has 0 saturated carbocycles. The Balaban J connectivity index is 1.40. The summed E-state index contributed by atoms with van der Waals surface area (Å²) in [6.07, 6.45) is 4.05. The summed E-state index contributed by atoms with van der Waals surface area (Å²) in [4.78, 5) is 46.2. The van der Waals surface area contributed by atoms with Crippen molar-refractivity contribution in [3.05, 3.63) is 108 Å². The largest absolute Gasteiger partial charge is 0.459 e. The van der Waals surface area contributed by atoms with E-state index in [1.54, 1.807) is 6.92 Å². The number of aromatic nitrogens is 2. The highest BCUT2D eigenvalue weighted by Gasteiger charge is 2.30. The summed E-state index contributed by atoms with van der Waals surface area (Å²) in [7, 11) is 0. The van der Waals surface area contributed by atoms with Gasteiger partial charge >= 0.3 is 5.97 Å². The molecule has 0 unspecified atom stereocenters. The molecule has 0 aliphatic rings. The molecular formula is C32H33N5O4. The van der Waals surface area contributed by atoms with Gasteiger partial charge in [0, 0.05) is 47.0 Å². The zero-order valence-electron chi connectivity index (χ0n) is 22.7. The highest BCUT2D eigenvalue weighted by atomic mass is 16.5. The molecule has 0 aliphatic carbocycles. The summed E-state index contributed by atoms with van der Waals surface area (Å²) in [6, 6.07) is 22.0. The van der Waals surface area contributed by atoms with Crippen LogP contribution in [0, 0.1) is 0 Å². The predicted molar refractivity (Wildman–Crippen MR) is 158 cm³/mol. The quantitative estimate of drug-likeness (QED) is 0.160. The molecule has 3 aromatic carbocycles. The van der Waals surface area contributed by atoms with Gasteiger partial charge in [0.05, 0.1) is 6.04 Å². The first kappa shape index (κ1) is 27.7. The van der Waals surface area contributed by atoms with Crippen LogP contribution in [-0.4, -0.2) is 45.9 Å². The molecule has 5 aromatic rings. The van der Waals surface area contributed by atoms with Gasteiger partial charge in [-0.05, 0) is 35.7 Å². The lowest BCUT2D eigenvalue weighted by Crippen LogP contribution is -2.55. The number of H-pyrrole nitrogens is 2. The number of hydrogen-bond donors (Lipinski definition) is 5. The number of amides is 2. The van der Waals surface area contributed by atoms with E-state index in [2.05, 4.69) is 20.6 Å². The maximum atomic E-state index is 13.8. The van der Waals surface area contributed by atoms with E-state index >= 15 is 0 Å². The average molecular weight is 552 g/mol. The van der Waals surface area contributed by atoms with Crippen LogP contribution in [0.15, 0.2) is 91.3 Å². The molecule has 5 rings (SSSR count). The molecule has 9 nitrogen and oxygen atoms in total. The molecule has 210 valence electrons. The Morgan fingerprint density at radius 1 is 0.732 bits per heavy atom. The van der Waals surface area contributed by atoms with Crippen LogP contribution in [0.3, 0.4) is 0 Å². The second kappa shape index (κ2) is 12.5. The third-order valence-electron chi connectivity index (χ3n) is 7.07. The van der Waals surface area contributed by atoms with Crippen molar-refractivity contribution in [2.24, 2.45) is 5.73 Å². The highest BCUT2D eigenvalue weighted by molar-refractivity contribution is 5.93. The van der Waals surface area contributed by atoms with Gasteiger partial charge in [0.1, 0.15) is 18.7 Å². The molecule has 0 saturated heterocycles. The maximum Gasteiger partial charge on any atom is 0.329 e. The van der Waals surface area contributed by atoms with Gasteiger partial charge < -0.3 is 31.1 Å². The van der Waals surface area contributed by atoms with Crippen molar-refractivity contribution in [3.8, 4) is 0 Å². The second-order valence-electron chi connectivity index (χ2n) is 10.1. The Kier molecular flexibility index (Phi) is 8.45. The van der Waals surface area contributed by atoms with Crippen LogP contribution >= 0.6 is 0 Å². The lowest BCUT2D eigenvalue weighted by molar-refractivity contribution is -0.149. The van der Waals surface area contributed by atoms with Crippen molar-refractivity contribution >= 4 is 39.6 Å². The van der Waals surface area contributed by atoms with Crippen LogP contribution in [0.25, 0.3) is 21.8 Å². The summed E-state index contributed by atoms with van der Waals surface area (Å²) in [6.45, 7) is 1.62. The number of esters is 1. The fraction of sp³-hybridized carbons (Fsp3) is 0.219. The van der Waals surface area contributed by atoms with Crippen LogP contribution in [0.1, 0.15) is 23.6 Å². The molecule has 2 heterocycles. The summed E-state index contributed by atoms with van der Waals surface area (Å²) in [5.74, 6) is -1.55. The molecule has 0 aliphatic heterocycles. The molecule has 3 atom stereocenters. The summed E-state index contributed by atoms with van der Waals surface area (Å²) in [5, 5.41) is 7.52. The van der Waals surface area contributed by atoms with E-state index in [1.807, 2.05) is 91.3 Å². The van der Waals surface area contributed by atoms with E-state index in [0.29, 0.717) is 0 Å². The van der Waals surface area contributed by atoms with Crippen molar-refractivity contribution in [3.63, 3.8) is 0 Å². The maximum absolute atomic E-state index is 13.8. The monoisotopic (exact) mass is 551 g/mol. The minimum absolute atomic E-state index is 0.0696. The predicted octanol–water partition coefficient (Wildman–Crippen LogP) is 3.49.